The first-order valence-corrected chi connectivity index (χ1v) is 7.20. The van der Waals surface area contributed by atoms with Crippen molar-refractivity contribution in [2.75, 3.05) is 19.6 Å². The van der Waals surface area contributed by atoms with E-state index in [1.165, 1.54) is 0 Å². The van der Waals surface area contributed by atoms with E-state index < -0.39 is 11.9 Å². The van der Waals surface area contributed by atoms with Crippen LogP contribution in [0.15, 0.2) is 0 Å². The summed E-state index contributed by atoms with van der Waals surface area (Å²) < 4.78 is 0. The number of hydrogen-bond donors (Lipinski definition) is 1. The second kappa shape index (κ2) is 5.39. The monoisotopic (exact) mass is 268 g/mol. The molecular formula is C14H24N2O3. The summed E-state index contributed by atoms with van der Waals surface area (Å²) in [5.41, 5.74) is 0. The Hall–Kier alpha value is -1.26. The van der Waals surface area contributed by atoms with Gasteiger partial charge in [0.1, 0.15) is 0 Å². The lowest BCUT2D eigenvalue weighted by atomic mass is 9.89. The SMILES string of the molecule is CC1CCN(C(=O)N2CCC(C(=O)O)C2C)CC1C. The lowest BCUT2D eigenvalue weighted by Gasteiger charge is -2.38. The van der Waals surface area contributed by atoms with Crippen molar-refractivity contribution in [2.24, 2.45) is 17.8 Å². The van der Waals surface area contributed by atoms with Crippen LogP contribution >= 0.6 is 0 Å². The number of amides is 2. The quantitative estimate of drug-likeness (QED) is 0.790. The summed E-state index contributed by atoms with van der Waals surface area (Å²) >= 11 is 0. The van der Waals surface area contributed by atoms with E-state index in [9.17, 15) is 9.59 Å². The first kappa shape index (κ1) is 14.2. The van der Waals surface area contributed by atoms with Crippen LogP contribution in [0.25, 0.3) is 0 Å². The van der Waals surface area contributed by atoms with Crippen LogP contribution in [0.5, 0.6) is 0 Å². The fourth-order valence-electron chi connectivity index (χ4n) is 3.16. The van der Waals surface area contributed by atoms with Crippen molar-refractivity contribution in [1.82, 2.24) is 9.80 Å². The number of urea groups is 1. The Bertz CT molecular complexity index is 372. The number of carboxylic acid groups (broad SMARTS) is 1. The summed E-state index contributed by atoms with van der Waals surface area (Å²) in [4.78, 5) is 27.2. The molecule has 2 aliphatic rings. The topological polar surface area (TPSA) is 60.9 Å². The van der Waals surface area contributed by atoms with Crippen molar-refractivity contribution in [2.45, 2.75) is 39.7 Å². The smallest absolute Gasteiger partial charge is 0.320 e. The lowest BCUT2D eigenvalue weighted by molar-refractivity contribution is -0.142. The third-order valence-electron chi connectivity index (χ3n) is 4.92. The number of carboxylic acids is 1. The molecule has 2 rings (SSSR count). The Morgan fingerprint density at radius 3 is 2.26 bits per heavy atom. The van der Waals surface area contributed by atoms with Crippen molar-refractivity contribution in [1.29, 1.82) is 0 Å². The van der Waals surface area contributed by atoms with Gasteiger partial charge in [-0.25, -0.2) is 4.79 Å². The molecule has 5 nitrogen and oxygen atoms in total. The highest BCUT2D eigenvalue weighted by Crippen LogP contribution is 2.28. The van der Waals surface area contributed by atoms with Gasteiger partial charge >= 0.3 is 12.0 Å². The molecule has 5 heteroatoms. The fraction of sp³-hybridized carbons (Fsp3) is 0.857. The highest BCUT2D eigenvalue weighted by Gasteiger charge is 2.40. The maximum atomic E-state index is 12.5. The molecule has 0 saturated carbocycles. The van der Waals surface area contributed by atoms with Crippen LogP contribution in [0.1, 0.15) is 33.6 Å². The van der Waals surface area contributed by atoms with Crippen molar-refractivity contribution in [3.63, 3.8) is 0 Å². The van der Waals surface area contributed by atoms with Gasteiger partial charge in [-0.3, -0.25) is 4.79 Å². The highest BCUT2D eigenvalue weighted by molar-refractivity contribution is 5.78. The van der Waals surface area contributed by atoms with Crippen LogP contribution in [0.2, 0.25) is 0 Å². The van der Waals surface area contributed by atoms with E-state index in [1.54, 1.807) is 4.90 Å². The molecule has 19 heavy (non-hydrogen) atoms. The summed E-state index contributed by atoms with van der Waals surface area (Å²) in [6, 6.07) is -0.172. The summed E-state index contributed by atoms with van der Waals surface area (Å²) in [6.07, 6.45) is 1.61. The Kier molecular flexibility index (Phi) is 4.02. The average Bonchev–Trinajstić information content (AvgIpc) is 2.74. The van der Waals surface area contributed by atoms with Crippen LogP contribution in [-0.2, 0) is 4.79 Å². The molecule has 4 atom stereocenters. The maximum Gasteiger partial charge on any atom is 0.320 e. The number of hydrogen-bond acceptors (Lipinski definition) is 2. The average molecular weight is 268 g/mol. The zero-order valence-electron chi connectivity index (χ0n) is 12.0. The largest absolute Gasteiger partial charge is 0.481 e. The Balaban J connectivity index is 1.99. The predicted molar refractivity (Wildman–Crippen MR) is 71.8 cm³/mol. The Labute approximate surface area is 114 Å². The molecule has 0 aromatic rings. The van der Waals surface area contributed by atoms with Crippen molar-refractivity contribution in [3.05, 3.63) is 0 Å². The molecule has 1 N–H and O–H groups in total. The molecule has 2 aliphatic heterocycles. The minimum absolute atomic E-state index is 0.0231. The number of rotatable bonds is 1. The maximum absolute atomic E-state index is 12.5. The van der Waals surface area contributed by atoms with E-state index in [1.807, 2.05) is 11.8 Å². The molecule has 2 heterocycles. The van der Waals surface area contributed by atoms with Gasteiger partial charge in [0.2, 0.25) is 0 Å². The minimum Gasteiger partial charge on any atom is -0.481 e. The molecule has 2 amide bonds. The molecule has 2 fully saturated rings. The van der Waals surface area contributed by atoms with Gasteiger partial charge in [0.15, 0.2) is 0 Å². The number of piperidine rings is 1. The van der Waals surface area contributed by atoms with E-state index in [-0.39, 0.29) is 12.1 Å². The van der Waals surface area contributed by atoms with Gasteiger partial charge in [-0.1, -0.05) is 13.8 Å². The van der Waals surface area contributed by atoms with E-state index in [0.717, 1.165) is 19.5 Å². The third-order valence-corrected chi connectivity index (χ3v) is 4.92. The number of carbonyl (C=O) groups is 2. The van der Waals surface area contributed by atoms with Gasteiger partial charge in [-0.15, -0.1) is 0 Å². The first-order valence-electron chi connectivity index (χ1n) is 7.20. The van der Waals surface area contributed by atoms with Crippen molar-refractivity contribution < 1.29 is 14.7 Å². The molecule has 0 radical (unpaired) electrons. The number of likely N-dealkylation sites (tertiary alicyclic amines) is 2. The van der Waals surface area contributed by atoms with Crippen LogP contribution < -0.4 is 0 Å². The second-order valence-corrected chi connectivity index (χ2v) is 6.14. The summed E-state index contributed by atoms with van der Waals surface area (Å²) in [5.74, 6) is -0.0220. The van der Waals surface area contributed by atoms with E-state index in [0.29, 0.717) is 24.8 Å². The van der Waals surface area contributed by atoms with Crippen LogP contribution in [-0.4, -0.2) is 52.6 Å². The number of carbonyl (C=O) groups excluding carboxylic acids is 1. The highest BCUT2D eigenvalue weighted by atomic mass is 16.4. The zero-order chi connectivity index (χ0) is 14.2. The van der Waals surface area contributed by atoms with Gasteiger partial charge < -0.3 is 14.9 Å². The van der Waals surface area contributed by atoms with E-state index >= 15 is 0 Å². The van der Waals surface area contributed by atoms with Gasteiger partial charge in [-0.05, 0) is 31.6 Å². The molecule has 0 aliphatic carbocycles. The second-order valence-electron chi connectivity index (χ2n) is 6.14. The van der Waals surface area contributed by atoms with Gasteiger partial charge in [0.25, 0.3) is 0 Å². The predicted octanol–water partition coefficient (Wildman–Crippen LogP) is 1.88. The number of nitrogens with zero attached hydrogens (tertiary/aromatic N) is 2. The number of aliphatic carboxylic acids is 1. The van der Waals surface area contributed by atoms with E-state index in [4.69, 9.17) is 5.11 Å². The summed E-state index contributed by atoms with van der Waals surface area (Å²) in [7, 11) is 0. The van der Waals surface area contributed by atoms with Gasteiger partial charge in [-0.2, -0.15) is 0 Å². The Morgan fingerprint density at radius 2 is 1.74 bits per heavy atom. The molecule has 0 spiro atoms. The van der Waals surface area contributed by atoms with Crippen molar-refractivity contribution >= 4 is 12.0 Å². The van der Waals surface area contributed by atoms with E-state index in [2.05, 4.69) is 13.8 Å². The molecule has 2 saturated heterocycles. The molecular weight excluding hydrogens is 244 g/mol. The standard InChI is InChI=1S/C14H24N2O3/c1-9-4-6-15(8-10(9)2)14(19)16-7-5-12(11(16)3)13(17)18/h9-12H,4-8H2,1-3H3,(H,17,18). The zero-order valence-corrected chi connectivity index (χ0v) is 12.0. The van der Waals surface area contributed by atoms with Crippen LogP contribution in [0.4, 0.5) is 4.79 Å². The van der Waals surface area contributed by atoms with Crippen LogP contribution in [0, 0.1) is 17.8 Å². The fourth-order valence-corrected chi connectivity index (χ4v) is 3.16. The van der Waals surface area contributed by atoms with Gasteiger partial charge in [0.05, 0.1) is 5.92 Å². The van der Waals surface area contributed by atoms with Crippen LogP contribution in [0.3, 0.4) is 0 Å². The normalized spacial score (nSPS) is 35.5. The minimum atomic E-state index is -0.788. The molecule has 0 aromatic heterocycles. The summed E-state index contributed by atoms with van der Waals surface area (Å²) in [5, 5.41) is 9.12. The molecule has 0 aromatic carbocycles. The molecule has 0 bridgehead atoms. The third kappa shape index (κ3) is 2.69. The summed E-state index contributed by atoms with van der Waals surface area (Å²) in [6.45, 7) is 8.41. The first-order chi connectivity index (χ1) is 8.91. The Morgan fingerprint density at radius 1 is 1.05 bits per heavy atom. The molecule has 4 unspecified atom stereocenters. The van der Waals surface area contributed by atoms with Crippen molar-refractivity contribution in [3.8, 4) is 0 Å². The van der Waals surface area contributed by atoms with Gasteiger partial charge in [0, 0.05) is 25.7 Å². The molecule has 108 valence electrons. The lowest BCUT2D eigenvalue weighted by Crippen LogP contribution is -2.50.